The Bertz CT molecular complexity index is 1200. The average Bonchev–Trinajstić information content (AvgIpc) is 2.75. The maximum Gasteiger partial charge on any atom is 0.264 e. The van der Waals surface area contributed by atoms with Crippen molar-refractivity contribution in [2.45, 2.75) is 18.2 Å². The highest BCUT2D eigenvalue weighted by atomic mass is 32.2. The number of nitriles is 1. The molecule has 0 bridgehead atoms. The molecule has 3 rings (SSSR count). The molecule has 0 aliphatic rings. The van der Waals surface area contributed by atoms with Crippen molar-refractivity contribution in [3.8, 4) is 6.07 Å². The van der Waals surface area contributed by atoms with Crippen LogP contribution in [0.1, 0.15) is 21.5 Å². The van der Waals surface area contributed by atoms with Gasteiger partial charge in [0.2, 0.25) is 0 Å². The van der Waals surface area contributed by atoms with Crippen molar-refractivity contribution >= 4 is 27.3 Å². The van der Waals surface area contributed by atoms with Gasteiger partial charge in [-0.1, -0.05) is 35.9 Å². The van der Waals surface area contributed by atoms with Crippen LogP contribution in [0.25, 0.3) is 0 Å². The van der Waals surface area contributed by atoms with Crippen LogP contribution in [0.5, 0.6) is 0 Å². The Kier molecular flexibility index (Phi) is 6.19. The number of hydrogen-bond acceptors (Lipinski definition) is 4. The number of amides is 1. The molecule has 0 saturated carbocycles. The fraction of sp³-hybridized carbons (Fsp3) is 0.130. The van der Waals surface area contributed by atoms with Crippen molar-refractivity contribution in [2.24, 2.45) is 0 Å². The topological polar surface area (TPSA) is 90.3 Å². The standard InChI is InChI=1S/C23H21N3O3S/c1-17-6-12-21(13-7-17)26(2)30(28,29)22-5-3-4-19(16-22)23(27)25-20-10-8-18(9-11-20)14-15-24/h3-13,16H,14H2,1-2H3,(H,25,27). The first-order valence-corrected chi connectivity index (χ1v) is 10.7. The Morgan fingerprint density at radius 3 is 2.33 bits per heavy atom. The van der Waals surface area contributed by atoms with Crippen molar-refractivity contribution in [1.29, 1.82) is 5.26 Å². The Balaban J connectivity index is 1.81. The Morgan fingerprint density at radius 2 is 1.70 bits per heavy atom. The minimum Gasteiger partial charge on any atom is -0.322 e. The molecular formula is C23H21N3O3S. The van der Waals surface area contributed by atoms with E-state index in [0.717, 1.165) is 11.1 Å². The molecule has 3 aromatic rings. The van der Waals surface area contributed by atoms with Gasteiger partial charge in [0.25, 0.3) is 15.9 Å². The van der Waals surface area contributed by atoms with E-state index < -0.39 is 15.9 Å². The molecule has 30 heavy (non-hydrogen) atoms. The third-order valence-corrected chi connectivity index (χ3v) is 6.43. The largest absolute Gasteiger partial charge is 0.322 e. The number of sulfonamides is 1. The summed E-state index contributed by atoms with van der Waals surface area (Å²) in [5, 5.41) is 11.5. The zero-order chi connectivity index (χ0) is 21.7. The first kappa shape index (κ1) is 21.1. The number of benzene rings is 3. The normalized spacial score (nSPS) is 10.8. The van der Waals surface area contributed by atoms with Gasteiger partial charge in [0.1, 0.15) is 0 Å². The summed E-state index contributed by atoms with van der Waals surface area (Å²) in [6.45, 7) is 1.93. The lowest BCUT2D eigenvalue weighted by Crippen LogP contribution is -2.26. The number of carbonyl (C=O) groups is 1. The molecular weight excluding hydrogens is 398 g/mol. The summed E-state index contributed by atoms with van der Waals surface area (Å²) in [6.07, 6.45) is 0.294. The van der Waals surface area contributed by atoms with E-state index in [1.807, 2.05) is 19.1 Å². The molecule has 152 valence electrons. The zero-order valence-corrected chi connectivity index (χ0v) is 17.5. The molecule has 0 atom stereocenters. The lowest BCUT2D eigenvalue weighted by atomic mass is 10.1. The van der Waals surface area contributed by atoms with Gasteiger partial charge in [0.15, 0.2) is 0 Å². The van der Waals surface area contributed by atoms with Gasteiger partial charge in [-0.15, -0.1) is 0 Å². The summed E-state index contributed by atoms with van der Waals surface area (Å²) >= 11 is 0. The highest BCUT2D eigenvalue weighted by molar-refractivity contribution is 7.92. The van der Waals surface area contributed by atoms with Crippen molar-refractivity contribution < 1.29 is 13.2 Å². The quantitative estimate of drug-likeness (QED) is 0.650. The fourth-order valence-corrected chi connectivity index (χ4v) is 4.09. The molecule has 7 heteroatoms. The third kappa shape index (κ3) is 4.67. The van der Waals surface area contributed by atoms with Crippen LogP contribution in [0.4, 0.5) is 11.4 Å². The van der Waals surface area contributed by atoms with Crippen molar-refractivity contribution in [1.82, 2.24) is 0 Å². The van der Waals surface area contributed by atoms with Crippen LogP contribution in [-0.4, -0.2) is 21.4 Å². The van der Waals surface area contributed by atoms with E-state index in [4.69, 9.17) is 5.26 Å². The highest BCUT2D eigenvalue weighted by Crippen LogP contribution is 2.23. The van der Waals surface area contributed by atoms with Gasteiger partial charge in [0.05, 0.1) is 23.1 Å². The predicted molar refractivity (Wildman–Crippen MR) is 117 cm³/mol. The first-order valence-electron chi connectivity index (χ1n) is 9.24. The smallest absolute Gasteiger partial charge is 0.264 e. The van der Waals surface area contributed by atoms with E-state index in [0.29, 0.717) is 17.8 Å². The molecule has 3 aromatic carbocycles. The van der Waals surface area contributed by atoms with Gasteiger partial charge in [-0.2, -0.15) is 5.26 Å². The molecule has 0 radical (unpaired) electrons. The molecule has 0 aromatic heterocycles. The average molecular weight is 420 g/mol. The molecule has 0 aliphatic heterocycles. The van der Waals surface area contributed by atoms with Crippen molar-refractivity contribution in [2.75, 3.05) is 16.7 Å². The van der Waals surface area contributed by atoms with Crippen LogP contribution in [0.3, 0.4) is 0 Å². The summed E-state index contributed by atoms with van der Waals surface area (Å²) in [7, 11) is -2.34. The molecule has 1 amide bonds. The molecule has 0 fully saturated rings. The van der Waals surface area contributed by atoms with Crippen LogP contribution < -0.4 is 9.62 Å². The van der Waals surface area contributed by atoms with Crippen LogP contribution in [0.15, 0.2) is 77.7 Å². The Hall–Kier alpha value is -3.63. The van der Waals surface area contributed by atoms with E-state index in [2.05, 4.69) is 11.4 Å². The van der Waals surface area contributed by atoms with Crippen LogP contribution in [0.2, 0.25) is 0 Å². The molecule has 0 unspecified atom stereocenters. The van der Waals surface area contributed by atoms with Crippen molar-refractivity contribution in [3.05, 3.63) is 89.5 Å². The van der Waals surface area contributed by atoms with Crippen LogP contribution >= 0.6 is 0 Å². The molecule has 1 N–H and O–H groups in total. The number of nitrogens with one attached hydrogen (secondary N) is 1. The van der Waals surface area contributed by atoms with Gasteiger partial charge in [-0.05, 0) is 55.0 Å². The van der Waals surface area contributed by atoms with Gasteiger partial charge < -0.3 is 5.32 Å². The summed E-state index contributed by atoms with van der Waals surface area (Å²) in [5.41, 5.74) is 3.21. The lowest BCUT2D eigenvalue weighted by molar-refractivity contribution is 0.102. The molecule has 0 aliphatic carbocycles. The summed E-state index contributed by atoms with van der Waals surface area (Å²) in [6, 6.07) is 22.1. The number of carbonyl (C=O) groups excluding carboxylic acids is 1. The predicted octanol–water partition coefficient (Wildman–Crippen LogP) is 4.14. The number of hydrogen-bond donors (Lipinski definition) is 1. The van der Waals surface area contributed by atoms with Gasteiger partial charge in [-0.3, -0.25) is 9.10 Å². The van der Waals surface area contributed by atoms with Gasteiger partial charge in [-0.25, -0.2) is 8.42 Å². The molecule has 0 spiro atoms. The monoisotopic (exact) mass is 419 g/mol. The summed E-state index contributed by atoms with van der Waals surface area (Å²) < 4.78 is 27.2. The Morgan fingerprint density at radius 1 is 1.03 bits per heavy atom. The molecule has 0 saturated heterocycles. The van der Waals surface area contributed by atoms with E-state index in [-0.39, 0.29) is 10.5 Å². The Labute approximate surface area is 176 Å². The van der Waals surface area contributed by atoms with Gasteiger partial charge in [0, 0.05) is 18.3 Å². The lowest BCUT2D eigenvalue weighted by Gasteiger charge is -2.20. The maximum absolute atomic E-state index is 13.0. The van der Waals surface area contributed by atoms with Gasteiger partial charge >= 0.3 is 0 Å². The molecule has 6 nitrogen and oxygen atoms in total. The summed E-state index contributed by atoms with van der Waals surface area (Å²) in [5.74, 6) is -0.418. The number of nitrogens with zero attached hydrogens (tertiary/aromatic N) is 2. The van der Waals surface area contributed by atoms with E-state index in [1.165, 1.54) is 23.5 Å². The summed E-state index contributed by atoms with van der Waals surface area (Å²) in [4.78, 5) is 12.6. The zero-order valence-electron chi connectivity index (χ0n) is 16.7. The number of anilines is 2. The second kappa shape index (κ2) is 8.80. The van der Waals surface area contributed by atoms with Crippen molar-refractivity contribution in [3.63, 3.8) is 0 Å². The SMILES string of the molecule is Cc1ccc(N(C)S(=O)(=O)c2cccc(C(=O)Nc3ccc(CC#N)cc3)c2)cc1. The van der Waals surface area contributed by atoms with E-state index in [1.54, 1.807) is 48.5 Å². The minimum atomic E-state index is -3.82. The van der Waals surface area contributed by atoms with Crippen LogP contribution in [-0.2, 0) is 16.4 Å². The minimum absolute atomic E-state index is 0.0302. The maximum atomic E-state index is 13.0. The van der Waals surface area contributed by atoms with Crippen LogP contribution in [0, 0.1) is 18.3 Å². The second-order valence-electron chi connectivity index (χ2n) is 6.82. The van der Waals surface area contributed by atoms with E-state index in [9.17, 15) is 13.2 Å². The third-order valence-electron chi connectivity index (χ3n) is 4.65. The number of rotatable bonds is 6. The molecule has 0 heterocycles. The first-order chi connectivity index (χ1) is 14.3. The fourth-order valence-electron chi connectivity index (χ4n) is 2.85. The number of aryl methyl sites for hydroxylation is 1. The highest BCUT2D eigenvalue weighted by Gasteiger charge is 2.22. The second-order valence-corrected chi connectivity index (χ2v) is 8.79. The van der Waals surface area contributed by atoms with E-state index >= 15 is 0 Å².